The molecule has 0 fully saturated rings. The number of aliphatic hydroxyl groups excluding tert-OH is 1. The lowest BCUT2D eigenvalue weighted by Crippen LogP contribution is -2.30. The van der Waals surface area contributed by atoms with E-state index in [2.05, 4.69) is 48.5 Å². The third kappa shape index (κ3) is 69.2. The second kappa shape index (κ2) is 67.5. The first-order valence-electron chi connectivity index (χ1n) is 39.9. The number of phosphoric ester groups is 2. The lowest BCUT2D eigenvalue weighted by Gasteiger charge is -2.21. The van der Waals surface area contributed by atoms with Crippen LogP contribution in [0, 0.1) is 17.8 Å². The third-order valence-corrected chi connectivity index (χ3v) is 20.1. The summed E-state index contributed by atoms with van der Waals surface area (Å²) in [5, 5.41) is 10.6. The summed E-state index contributed by atoms with van der Waals surface area (Å²) in [6.07, 6.45) is 53.9. The molecule has 0 heterocycles. The van der Waals surface area contributed by atoms with Crippen LogP contribution < -0.4 is 0 Å². The second-order valence-corrected chi connectivity index (χ2v) is 31.8. The molecule has 17 nitrogen and oxygen atoms in total. The van der Waals surface area contributed by atoms with E-state index in [4.69, 9.17) is 37.0 Å². The van der Waals surface area contributed by atoms with E-state index in [-0.39, 0.29) is 25.7 Å². The van der Waals surface area contributed by atoms with Gasteiger partial charge in [-0.05, 0) is 43.4 Å². The molecule has 0 spiro atoms. The highest BCUT2D eigenvalue weighted by molar-refractivity contribution is 7.47. The summed E-state index contributed by atoms with van der Waals surface area (Å²) in [4.78, 5) is 72.9. The number of hydrogen-bond acceptors (Lipinski definition) is 15. The Morgan fingerprint density at radius 2 is 0.531 bits per heavy atom. The van der Waals surface area contributed by atoms with Crippen LogP contribution in [-0.4, -0.2) is 96.7 Å². The van der Waals surface area contributed by atoms with E-state index in [0.717, 1.165) is 108 Å². The quantitative estimate of drug-likeness (QED) is 0.0222. The average Bonchev–Trinajstić information content (AvgIpc) is 1.18. The predicted octanol–water partition coefficient (Wildman–Crippen LogP) is 22.6. The molecule has 570 valence electrons. The summed E-state index contributed by atoms with van der Waals surface area (Å²) in [7, 11) is -9.92. The Morgan fingerprint density at radius 3 is 0.792 bits per heavy atom. The Hall–Kier alpha value is -1.94. The van der Waals surface area contributed by atoms with Crippen molar-refractivity contribution in [2.24, 2.45) is 17.8 Å². The molecule has 0 amide bonds. The molecule has 0 aromatic carbocycles. The van der Waals surface area contributed by atoms with Gasteiger partial charge in [-0.25, -0.2) is 9.13 Å². The fraction of sp³-hybridized carbons (Fsp3) is 0.948. The molecule has 0 bridgehead atoms. The summed E-state index contributed by atoms with van der Waals surface area (Å²) >= 11 is 0. The lowest BCUT2D eigenvalue weighted by molar-refractivity contribution is -0.161. The Labute approximate surface area is 588 Å². The molecule has 0 saturated heterocycles. The highest BCUT2D eigenvalue weighted by Gasteiger charge is 2.30. The zero-order valence-electron chi connectivity index (χ0n) is 62.8. The Morgan fingerprint density at radius 1 is 0.302 bits per heavy atom. The third-order valence-electron chi connectivity index (χ3n) is 18.2. The van der Waals surface area contributed by atoms with Crippen molar-refractivity contribution in [2.75, 3.05) is 39.6 Å². The number of aliphatic hydroxyl groups is 1. The monoisotopic (exact) mass is 1410 g/mol. The van der Waals surface area contributed by atoms with Gasteiger partial charge in [0, 0.05) is 25.7 Å². The minimum absolute atomic E-state index is 0.106. The molecule has 3 N–H and O–H groups in total. The smallest absolute Gasteiger partial charge is 0.462 e. The van der Waals surface area contributed by atoms with Crippen molar-refractivity contribution in [2.45, 2.75) is 414 Å². The molecular formula is C77H150O17P2. The molecule has 0 radical (unpaired) electrons. The first-order valence-corrected chi connectivity index (χ1v) is 42.9. The average molecular weight is 1410 g/mol. The summed E-state index contributed by atoms with van der Waals surface area (Å²) in [5.74, 6) is 0.203. The number of unbranched alkanes of at least 4 members (excludes halogenated alkanes) is 42. The van der Waals surface area contributed by atoms with Crippen LogP contribution in [0.15, 0.2) is 0 Å². The molecule has 0 aliphatic carbocycles. The summed E-state index contributed by atoms with van der Waals surface area (Å²) in [6.45, 7) is 11.9. The molecule has 6 atom stereocenters. The van der Waals surface area contributed by atoms with E-state index in [0.29, 0.717) is 25.7 Å². The van der Waals surface area contributed by atoms with Crippen LogP contribution in [0.3, 0.4) is 0 Å². The number of carbonyl (C=O) groups excluding carboxylic acids is 4. The van der Waals surface area contributed by atoms with Gasteiger partial charge in [-0.3, -0.25) is 37.3 Å². The second-order valence-electron chi connectivity index (χ2n) is 28.9. The molecule has 0 rings (SSSR count). The van der Waals surface area contributed by atoms with Gasteiger partial charge in [-0.2, -0.15) is 0 Å². The van der Waals surface area contributed by atoms with Crippen molar-refractivity contribution >= 4 is 39.5 Å². The van der Waals surface area contributed by atoms with E-state index in [1.165, 1.54) is 205 Å². The van der Waals surface area contributed by atoms with Crippen LogP contribution in [0.25, 0.3) is 0 Å². The van der Waals surface area contributed by atoms with Crippen LogP contribution in [0.2, 0.25) is 0 Å². The van der Waals surface area contributed by atoms with Gasteiger partial charge in [0.15, 0.2) is 12.2 Å². The van der Waals surface area contributed by atoms with Crippen molar-refractivity contribution in [1.29, 1.82) is 0 Å². The topological polar surface area (TPSA) is 237 Å². The maximum absolute atomic E-state index is 13.1. The zero-order valence-corrected chi connectivity index (χ0v) is 64.6. The molecular weight excluding hydrogens is 1260 g/mol. The van der Waals surface area contributed by atoms with E-state index in [1.807, 2.05) is 0 Å². The summed E-state index contributed by atoms with van der Waals surface area (Å²) < 4.78 is 68.6. The van der Waals surface area contributed by atoms with E-state index in [9.17, 15) is 43.2 Å². The number of carbonyl (C=O) groups is 4. The van der Waals surface area contributed by atoms with Gasteiger partial charge in [-0.15, -0.1) is 0 Å². The maximum atomic E-state index is 13.1. The summed E-state index contributed by atoms with van der Waals surface area (Å²) in [5.41, 5.74) is 0. The Bertz CT molecular complexity index is 1870. The van der Waals surface area contributed by atoms with Crippen molar-refractivity contribution < 1.29 is 80.2 Å². The minimum atomic E-state index is -4.96. The van der Waals surface area contributed by atoms with Gasteiger partial charge in [0.2, 0.25) is 0 Å². The standard InChI is InChI=1S/C77H150O17P2/c1-8-10-11-12-13-14-15-16-17-18-19-22-31-39-46-53-60-76(81)93-72(64-87-74(79)58-51-44-37-30-23-20-21-27-34-41-48-55-68(3)4)66-91-95(83,84)89-62-71(78)63-90-96(85,86)92-67-73(65-88-75(80)59-52-45-38-33-26-28-35-42-49-56-69(5)6)94-77(82)61-54-47-40-32-25-24-29-36-43-50-57-70(7)9-2/h68-73,78H,8-67H2,1-7H3,(H,83,84)(H,85,86)/t70?,71-,72-,73-/m1/s1. The van der Waals surface area contributed by atoms with E-state index in [1.54, 1.807) is 0 Å². The van der Waals surface area contributed by atoms with Gasteiger partial charge < -0.3 is 33.8 Å². The maximum Gasteiger partial charge on any atom is 0.472 e. The first-order chi connectivity index (χ1) is 46.3. The lowest BCUT2D eigenvalue weighted by atomic mass is 9.99. The highest BCUT2D eigenvalue weighted by atomic mass is 31.2. The SMILES string of the molecule is CCCCCCCCCCCCCCCCCCC(=O)O[C@H](COC(=O)CCCCCCCCCCCCCC(C)C)COP(=O)(O)OC[C@@H](O)COP(=O)(O)OC[C@@H](COC(=O)CCCCCCCCCCCC(C)C)OC(=O)CCCCCCCCCCCCC(C)CC. The number of phosphoric acid groups is 2. The number of hydrogen-bond donors (Lipinski definition) is 3. The Balaban J connectivity index is 5.28. The fourth-order valence-electron chi connectivity index (χ4n) is 11.7. The van der Waals surface area contributed by atoms with Crippen molar-refractivity contribution in [3.05, 3.63) is 0 Å². The molecule has 0 aliphatic heterocycles. The van der Waals surface area contributed by atoms with Crippen LogP contribution in [0.5, 0.6) is 0 Å². The molecule has 3 unspecified atom stereocenters. The van der Waals surface area contributed by atoms with Crippen molar-refractivity contribution in [3.8, 4) is 0 Å². The largest absolute Gasteiger partial charge is 0.472 e. The highest BCUT2D eigenvalue weighted by Crippen LogP contribution is 2.45. The zero-order chi connectivity index (χ0) is 70.9. The van der Waals surface area contributed by atoms with Gasteiger partial charge in [0.1, 0.15) is 19.3 Å². The molecule has 0 aromatic rings. The summed E-state index contributed by atoms with van der Waals surface area (Å²) in [6, 6.07) is 0. The van der Waals surface area contributed by atoms with Gasteiger partial charge in [0.05, 0.1) is 26.4 Å². The predicted molar refractivity (Wildman–Crippen MR) is 391 cm³/mol. The molecule has 0 saturated carbocycles. The van der Waals surface area contributed by atoms with Crippen LogP contribution in [-0.2, 0) is 65.4 Å². The van der Waals surface area contributed by atoms with Crippen LogP contribution in [0.1, 0.15) is 395 Å². The number of esters is 4. The van der Waals surface area contributed by atoms with Crippen LogP contribution >= 0.6 is 15.6 Å². The van der Waals surface area contributed by atoms with Crippen molar-refractivity contribution in [1.82, 2.24) is 0 Å². The molecule has 19 heteroatoms. The van der Waals surface area contributed by atoms with Gasteiger partial charge >= 0.3 is 39.5 Å². The van der Waals surface area contributed by atoms with Crippen LogP contribution in [0.4, 0.5) is 0 Å². The van der Waals surface area contributed by atoms with Gasteiger partial charge in [-0.1, -0.05) is 344 Å². The first kappa shape index (κ1) is 94.1. The normalized spacial score (nSPS) is 14.3. The number of ether oxygens (including phenoxy) is 4. The minimum Gasteiger partial charge on any atom is -0.462 e. The number of rotatable bonds is 75. The molecule has 96 heavy (non-hydrogen) atoms. The fourth-order valence-corrected chi connectivity index (χ4v) is 13.3. The van der Waals surface area contributed by atoms with E-state index < -0.39 is 97.5 Å². The van der Waals surface area contributed by atoms with E-state index >= 15 is 0 Å². The van der Waals surface area contributed by atoms with Crippen molar-refractivity contribution in [3.63, 3.8) is 0 Å². The Kier molecular flexibility index (Phi) is 66.2. The van der Waals surface area contributed by atoms with Gasteiger partial charge in [0.25, 0.3) is 0 Å². The molecule has 0 aromatic heterocycles. The molecule has 0 aliphatic rings.